The molecule has 3 nitrogen and oxygen atoms in total. The Labute approximate surface area is 151 Å². The van der Waals surface area contributed by atoms with Crippen LogP contribution in [-0.2, 0) is 15.1 Å². The SMILES string of the molecule is COC(=O)C(O)(c1ccccc1)c1cc2ccccc2c2ccccc12. The van der Waals surface area contributed by atoms with E-state index in [1.807, 2.05) is 60.7 Å². The Morgan fingerprint density at radius 1 is 0.808 bits per heavy atom. The van der Waals surface area contributed by atoms with E-state index in [9.17, 15) is 9.90 Å². The molecule has 0 heterocycles. The Morgan fingerprint density at radius 2 is 1.38 bits per heavy atom. The van der Waals surface area contributed by atoms with Gasteiger partial charge in [-0.25, -0.2) is 4.79 Å². The predicted molar refractivity (Wildman–Crippen MR) is 103 cm³/mol. The predicted octanol–water partition coefficient (Wildman–Crippen LogP) is 4.40. The molecule has 3 heteroatoms. The van der Waals surface area contributed by atoms with Crippen LogP contribution >= 0.6 is 0 Å². The highest BCUT2D eigenvalue weighted by Crippen LogP contribution is 2.39. The van der Waals surface area contributed by atoms with Crippen molar-refractivity contribution in [1.29, 1.82) is 0 Å². The summed E-state index contributed by atoms with van der Waals surface area (Å²) < 4.78 is 5.00. The minimum absolute atomic E-state index is 0.479. The van der Waals surface area contributed by atoms with Crippen molar-refractivity contribution >= 4 is 27.5 Å². The fourth-order valence-electron chi connectivity index (χ4n) is 3.56. The van der Waals surface area contributed by atoms with Gasteiger partial charge in [0.25, 0.3) is 0 Å². The quantitative estimate of drug-likeness (QED) is 0.443. The van der Waals surface area contributed by atoms with Crippen LogP contribution in [0.5, 0.6) is 0 Å². The normalized spacial score (nSPS) is 13.5. The standard InChI is InChI=1S/C23H18O3/c1-26-22(24)23(25,17-10-3-2-4-11-17)21-15-16-9-5-6-12-18(16)19-13-7-8-14-20(19)21/h2-15,25H,1H3. The Morgan fingerprint density at radius 3 is 2.08 bits per heavy atom. The van der Waals surface area contributed by atoms with Crippen LogP contribution in [0.4, 0.5) is 0 Å². The molecule has 0 saturated heterocycles. The van der Waals surface area contributed by atoms with Crippen molar-refractivity contribution < 1.29 is 14.6 Å². The molecular weight excluding hydrogens is 324 g/mol. The molecule has 0 bridgehead atoms. The molecule has 0 fully saturated rings. The van der Waals surface area contributed by atoms with Crippen LogP contribution in [0.15, 0.2) is 84.9 Å². The average Bonchev–Trinajstić information content (AvgIpc) is 2.72. The molecule has 0 radical (unpaired) electrons. The number of ether oxygens (including phenoxy) is 1. The lowest BCUT2D eigenvalue weighted by atomic mass is 9.82. The molecule has 4 aromatic rings. The lowest BCUT2D eigenvalue weighted by Crippen LogP contribution is -2.38. The Bertz CT molecular complexity index is 1100. The number of hydrogen-bond donors (Lipinski definition) is 1. The molecule has 4 aromatic carbocycles. The third-order valence-electron chi connectivity index (χ3n) is 4.83. The van der Waals surface area contributed by atoms with Gasteiger partial charge in [0.15, 0.2) is 0 Å². The van der Waals surface area contributed by atoms with E-state index in [1.54, 1.807) is 24.3 Å². The summed E-state index contributed by atoms with van der Waals surface area (Å²) in [6.07, 6.45) is 0. The zero-order chi connectivity index (χ0) is 18.1. The number of esters is 1. The molecule has 26 heavy (non-hydrogen) atoms. The summed E-state index contributed by atoms with van der Waals surface area (Å²) in [5.74, 6) is -0.705. The maximum atomic E-state index is 12.7. The number of rotatable bonds is 3. The topological polar surface area (TPSA) is 46.5 Å². The van der Waals surface area contributed by atoms with Gasteiger partial charge in [0, 0.05) is 5.56 Å². The van der Waals surface area contributed by atoms with E-state index in [0.717, 1.165) is 21.5 Å². The Hall–Kier alpha value is -3.17. The molecule has 0 spiro atoms. The van der Waals surface area contributed by atoms with E-state index in [-0.39, 0.29) is 0 Å². The van der Waals surface area contributed by atoms with Gasteiger partial charge >= 0.3 is 5.97 Å². The van der Waals surface area contributed by atoms with Crippen LogP contribution in [0.3, 0.4) is 0 Å². The summed E-state index contributed by atoms with van der Waals surface area (Å²) in [6.45, 7) is 0. The number of aliphatic hydroxyl groups is 1. The third-order valence-corrected chi connectivity index (χ3v) is 4.83. The fraction of sp³-hybridized carbons (Fsp3) is 0.0870. The van der Waals surface area contributed by atoms with Crippen molar-refractivity contribution in [1.82, 2.24) is 0 Å². The maximum absolute atomic E-state index is 12.7. The number of methoxy groups -OCH3 is 1. The van der Waals surface area contributed by atoms with Crippen LogP contribution in [0.1, 0.15) is 11.1 Å². The molecule has 0 amide bonds. The first-order chi connectivity index (χ1) is 12.7. The molecule has 0 aromatic heterocycles. The van der Waals surface area contributed by atoms with Crippen molar-refractivity contribution in [2.75, 3.05) is 7.11 Å². The van der Waals surface area contributed by atoms with E-state index in [0.29, 0.717) is 11.1 Å². The Balaban J connectivity index is 2.14. The minimum Gasteiger partial charge on any atom is -0.466 e. The summed E-state index contributed by atoms with van der Waals surface area (Å²) in [7, 11) is 1.29. The zero-order valence-corrected chi connectivity index (χ0v) is 14.3. The zero-order valence-electron chi connectivity index (χ0n) is 14.3. The smallest absolute Gasteiger partial charge is 0.347 e. The van der Waals surface area contributed by atoms with E-state index >= 15 is 0 Å². The van der Waals surface area contributed by atoms with Gasteiger partial charge in [0.05, 0.1) is 7.11 Å². The van der Waals surface area contributed by atoms with Gasteiger partial charge in [-0.3, -0.25) is 0 Å². The molecule has 1 atom stereocenters. The summed E-state index contributed by atoms with van der Waals surface area (Å²) in [4.78, 5) is 12.7. The first-order valence-electron chi connectivity index (χ1n) is 8.43. The summed E-state index contributed by atoms with van der Waals surface area (Å²) in [5, 5.41) is 15.4. The fourth-order valence-corrected chi connectivity index (χ4v) is 3.56. The molecule has 4 rings (SSSR count). The van der Waals surface area contributed by atoms with Crippen LogP contribution in [-0.4, -0.2) is 18.2 Å². The number of carbonyl (C=O) groups is 1. The molecule has 0 saturated carbocycles. The molecule has 1 unspecified atom stereocenters. The minimum atomic E-state index is -1.89. The van der Waals surface area contributed by atoms with Gasteiger partial charge in [0.1, 0.15) is 0 Å². The first-order valence-corrected chi connectivity index (χ1v) is 8.43. The van der Waals surface area contributed by atoms with E-state index in [4.69, 9.17) is 4.74 Å². The van der Waals surface area contributed by atoms with Gasteiger partial charge in [-0.2, -0.15) is 0 Å². The lowest BCUT2D eigenvalue weighted by molar-refractivity contribution is -0.158. The van der Waals surface area contributed by atoms with E-state index in [1.165, 1.54) is 7.11 Å². The second-order valence-electron chi connectivity index (χ2n) is 6.26. The van der Waals surface area contributed by atoms with Crippen molar-refractivity contribution in [3.05, 3.63) is 96.1 Å². The number of benzene rings is 4. The van der Waals surface area contributed by atoms with Gasteiger partial charge in [-0.1, -0.05) is 78.9 Å². The molecule has 0 aliphatic heterocycles. The second kappa shape index (κ2) is 6.28. The molecule has 128 valence electrons. The summed E-state index contributed by atoms with van der Waals surface area (Å²) >= 11 is 0. The van der Waals surface area contributed by atoms with Gasteiger partial charge in [-0.15, -0.1) is 0 Å². The molecular formula is C23H18O3. The number of hydrogen-bond acceptors (Lipinski definition) is 3. The van der Waals surface area contributed by atoms with Crippen LogP contribution < -0.4 is 0 Å². The van der Waals surface area contributed by atoms with Gasteiger partial charge in [-0.05, 0) is 33.2 Å². The monoisotopic (exact) mass is 342 g/mol. The second-order valence-corrected chi connectivity index (χ2v) is 6.26. The number of carbonyl (C=O) groups excluding carboxylic acids is 1. The van der Waals surface area contributed by atoms with Crippen molar-refractivity contribution in [2.45, 2.75) is 5.60 Å². The molecule has 0 aliphatic rings. The van der Waals surface area contributed by atoms with Gasteiger partial charge in [0.2, 0.25) is 5.60 Å². The highest BCUT2D eigenvalue weighted by molar-refractivity contribution is 6.10. The summed E-state index contributed by atoms with van der Waals surface area (Å²) in [6, 6.07) is 26.5. The molecule has 0 aliphatic carbocycles. The average molecular weight is 342 g/mol. The highest BCUT2D eigenvalue weighted by atomic mass is 16.5. The largest absolute Gasteiger partial charge is 0.466 e. The van der Waals surface area contributed by atoms with E-state index < -0.39 is 11.6 Å². The van der Waals surface area contributed by atoms with E-state index in [2.05, 4.69) is 0 Å². The summed E-state index contributed by atoms with van der Waals surface area (Å²) in [5.41, 5.74) is -0.892. The Kier molecular flexibility index (Phi) is 3.94. The van der Waals surface area contributed by atoms with Crippen molar-refractivity contribution in [3.8, 4) is 0 Å². The van der Waals surface area contributed by atoms with Crippen LogP contribution in [0.2, 0.25) is 0 Å². The van der Waals surface area contributed by atoms with Crippen molar-refractivity contribution in [3.63, 3.8) is 0 Å². The van der Waals surface area contributed by atoms with Crippen LogP contribution in [0, 0.1) is 0 Å². The van der Waals surface area contributed by atoms with Gasteiger partial charge < -0.3 is 9.84 Å². The maximum Gasteiger partial charge on any atom is 0.347 e. The molecule has 1 N–H and O–H groups in total. The highest BCUT2D eigenvalue weighted by Gasteiger charge is 2.42. The number of fused-ring (bicyclic) bond motifs is 3. The lowest BCUT2D eigenvalue weighted by Gasteiger charge is -2.28. The van der Waals surface area contributed by atoms with Crippen molar-refractivity contribution in [2.24, 2.45) is 0 Å². The third kappa shape index (κ3) is 2.37. The first kappa shape index (κ1) is 16.3. The van der Waals surface area contributed by atoms with Crippen LogP contribution in [0.25, 0.3) is 21.5 Å².